The molecule has 0 heterocycles. The molecule has 0 aromatic carbocycles. The first kappa shape index (κ1) is 13.0. The Labute approximate surface area is 96.0 Å². The van der Waals surface area contributed by atoms with Crippen LogP contribution in [0.2, 0.25) is 0 Å². The molecule has 1 heteroatoms. The van der Waals surface area contributed by atoms with Crippen LogP contribution in [-0.2, 0) is 0 Å². The van der Waals surface area contributed by atoms with Crippen LogP contribution in [-0.4, -0.2) is 12.6 Å². The predicted octanol–water partition coefficient (Wildman–Crippen LogP) is 3.69. The lowest BCUT2D eigenvalue weighted by atomic mass is 9.85. The van der Waals surface area contributed by atoms with E-state index in [1.165, 1.54) is 25.8 Å². The molecule has 1 N–H and O–H groups in total. The number of nitrogens with one attached hydrogen (secondary N) is 1. The van der Waals surface area contributed by atoms with Crippen LogP contribution >= 0.6 is 0 Å². The summed E-state index contributed by atoms with van der Waals surface area (Å²) in [6.45, 7) is 13.0. The summed E-state index contributed by atoms with van der Waals surface area (Å²) in [5.41, 5.74) is 0. The molecule has 0 bridgehead atoms. The average molecular weight is 211 g/mol. The van der Waals surface area contributed by atoms with Gasteiger partial charge in [0.05, 0.1) is 0 Å². The van der Waals surface area contributed by atoms with Gasteiger partial charge in [0.25, 0.3) is 0 Å². The van der Waals surface area contributed by atoms with Gasteiger partial charge in [0.1, 0.15) is 0 Å². The van der Waals surface area contributed by atoms with Crippen LogP contribution in [0.5, 0.6) is 0 Å². The topological polar surface area (TPSA) is 12.0 Å². The van der Waals surface area contributed by atoms with Crippen molar-refractivity contribution >= 4 is 0 Å². The van der Waals surface area contributed by atoms with Crippen LogP contribution in [0.4, 0.5) is 0 Å². The highest BCUT2D eigenvalue weighted by Crippen LogP contribution is 2.26. The van der Waals surface area contributed by atoms with Crippen molar-refractivity contribution in [1.82, 2.24) is 5.32 Å². The maximum absolute atomic E-state index is 3.77. The Hall–Kier alpha value is -0.0400. The van der Waals surface area contributed by atoms with Gasteiger partial charge < -0.3 is 5.32 Å². The van der Waals surface area contributed by atoms with Gasteiger partial charge in [-0.2, -0.15) is 0 Å². The van der Waals surface area contributed by atoms with Crippen LogP contribution in [0, 0.1) is 23.7 Å². The number of rotatable bonds is 5. The van der Waals surface area contributed by atoms with Crippen molar-refractivity contribution in [2.45, 2.75) is 59.9 Å². The molecule has 0 aliphatic heterocycles. The highest BCUT2D eigenvalue weighted by molar-refractivity contribution is 4.80. The molecule has 90 valence electrons. The Morgan fingerprint density at radius 1 is 1.07 bits per heavy atom. The van der Waals surface area contributed by atoms with E-state index in [9.17, 15) is 0 Å². The predicted molar refractivity (Wildman–Crippen MR) is 68.0 cm³/mol. The molecular weight excluding hydrogens is 182 g/mol. The lowest BCUT2D eigenvalue weighted by Gasteiger charge is -2.27. The van der Waals surface area contributed by atoms with Crippen molar-refractivity contribution in [2.24, 2.45) is 23.7 Å². The van der Waals surface area contributed by atoms with Gasteiger partial charge in [-0.3, -0.25) is 0 Å². The third-order valence-electron chi connectivity index (χ3n) is 4.05. The van der Waals surface area contributed by atoms with E-state index in [4.69, 9.17) is 0 Å². The Bertz CT molecular complexity index is 166. The summed E-state index contributed by atoms with van der Waals surface area (Å²) in [6.07, 6.45) is 4.21. The van der Waals surface area contributed by atoms with E-state index in [1.807, 2.05) is 0 Å². The Morgan fingerprint density at radius 2 is 1.67 bits per heavy atom. The van der Waals surface area contributed by atoms with Gasteiger partial charge in [-0.05, 0) is 49.5 Å². The highest BCUT2D eigenvalue weighted by atomic mass is 14.9. The van der Waals surface area contributed by atoms with E-state index in [0.717, 1.165) is 29.7 Å². The first-order valence-corrected chi connectivity index (χ1v) is 6.74. The largest absolute Gasteiger partial charge is 0.314 e. The van der Waals surface area contributed by atoms with E-state index >= 15 is 0 Å². The molecule has 1 aliphatic rings. The summed E-state index contributed by atoms with van der Waals surface area (Å²) >= 11 is 0. The lowest BCUT2D eigenvalue weighted by molar-refractivity contribution is 0.264. The third-order valence-corrected chi connectivity index (χ3v) is 4.05. The van der Waals surface area contributed by atoms with Gasteiger partial charge in [0.2, 0.25) is 0 Å². The fourth-order valence-corrected chi connectivity index (χ4v) is 2.94. The molecule has 0 aromatic rings. The summed E-state index contributed by atoms with van der Waals surface area (Å²) in [6, 6.07) is 0.806. The van der Waals surface area contributed by atoms with Gasteiger partial charge in [-0.25, -0.2) is 0 Å². The molecular formula is C14H29N. The summed E-state index contributed by atoms with van der Waals surface area (Å²) in [4.78, 5) is 0. The molecule has 1 nitrogen and oxygen atoms in total. The quantitative estimate of drug-likeness (QED) is 0.731. The molecule has 1 aliphatic carbocycles. The zero-order chi connectivity index (χ0) is 11.4. The minimum Gasteiger partial charge on any atom is -0.314 e. The minimum absolute atomic E-state index is 0.802. The molecule has 0 spiro atoms. The molecule has 0 aromatic heterocycles. The Morgan fingerprint density at radius 3 is 2.07 bits per heavy atom. The highest BCUT2D eigenvalue weighted by Gasteiger charge is 2.23. The van der Waals surface area contributed by atoms with Crippen molar-refractivity contribution in [2.75, 3.05) is 6.54 Å². The van der Waals surface area contributed by atoms with Crippen LogP contribution in [0.25, 0.3) is 0 Å². The SMILES string of the molecule is CC1CCC(NCC(C(C)C)C(C)C)C1. The van der Waals surface area contributed by atoms with Gasteiger partial charge in [0.15, 0.2) is 0 Å². The summed E-state index contributed by atoms with van der Waals surface area (Å²) < 4.78 is 0. The molecule has 1 rings (SSSR count). The molecule has 1 fully saturated rings. The monoisotopic (exact) mass is 211 g/mol. The molecule has 0 saturated heterocycles. The van der Waals surface area contributed by atoms with E-state index in [2.05, 4.69) is 39.9 Å². The van der Waals surface area contributed by atoms with Crippen molar-refractivity contribution in [3.05, 3.63) is 0 Å². The second kappa shape index (κ2) is 5.89. The van der Waals surface area contributed by atoms with Crippen LogP contribution < -0.4 is 5.32 Å². The number of hydrogen-bond donors (Lipinski definition) is 1. The van der Waals surface area contributed by atoms with Crippen molar-refractivity contribution in [3.63, 3.8) is 0 Å². The first-order chi connectivity index (χ1) is 7.00. The maximum Gasteiger partial charge on any atom is 0.00698 e. The second-order valence-electron chi connectivity index (χ2n) is 6.18. The third kappa shape index (κ3) is 4.14. The first-order valence-electron chi connectivity index (χ1n) is 6.74. The summed E-state index contributed by atoms with van der Waals surface area (Å²) in [5, 5.41) is 3.77. The van der Waals surface area contributed by atoms with Gasteiger partial charge >= 0.3 is 0 Å². The zero-order valence-electron chi connectivity index (χ0n) is 11.2. The van der Waals surface area contributed by atoms with E-state index in [0.29, 0.717) is 0 Å². The van der Waals surface area contributed by atoms with Crippen LogP contribution in [0.3, 0.4) is 0 Å². The summed E-state index contributed by atoms with van der Waals surface area (Å²) in [7, 11) is 0. The molecule has 2 atom stereocenters. The second-order valence-corrected chi connectivity index (χ2v) is 6.18. The normalized spacial score (nSPS) is 27.2. The smallest absolute Gasteiger partial charge is 0.00698 e. The molecule has 0 amide bonds. The molecule has 1 saturated carbocycles. The van der Waals surface area contributed by atoms with Crippen molar-refractivity contribution in [1.29, 1.82) is 0 Å². The van der Waals surface area contributed by atoms with E-state index in [1.54, 1.807) is 0 Å². The standard InChI is InChI=1S/C14H29N/c1-10(2)14(11(3)4)9-15-13-7-6-12(5)8-13/h10-15H,6-9H2,1-5H3. The van der Waals surface area contributed by atoms with E-state index < -0.39 is 0 Å². The average Bonchev–Trinajstić information content (AvgIpc) is 2.50. The summed E-state index contributed by atoms with van der Waals surface area (Å²) in [5.74, 6) is 3.38. The number of hydrogen-bond acceptors (Lipinski definition) is 1. The van der Waals surface area contributed by atoms with Crippen LogP contribution in [0.15, 0.2) is 0 Å². The minimum atomic E-state index is 0.802. The zero-order valence-corrected chi connectivity index (χ0v) is 11.2. The Balaban J connectivity index is 2.27. The van der Waals surface area contributed by atoms with Gasteiger partial charge in [-0.15, -0.1) is 0 Å². The fraction of sp³-hybridized carbons (Fsp3) is 1.00. The van der Waals surface area contributed by atoms with E-state index in [-0.39, 0.29) is 0 Å². The van der Waals surface area contributed by atoms with Gasteiger partial charge in [-0.1, -0.05) is 34.6 Å². The molecule has 2 unspecified atom stereocenters. The van der Waals surface area contributed by atoms with Crippen molar-refractivity contribution in [3.8, 4) is 0 Å². The maximum atomic E-state index is 3.77. The molecule has 15 heavy (non-hydrogen) atoms. The van der Waals surface area contributed by atoms with Crippen molar-refractivity contribution < 1.29 is 0 Å². The fourth-order valence-electron chi connectivity index (χ4n) is 2.94. The lowest BCUT2D eigenvalue weighted by Crippen LogP contribution is -2.35. The van der Waals surface area contributed by atoms with Gasteiger partial charge in [0, 0.05) is 6.04 Å². The Kier molecular flexibility index (Phi) is 5.11. The van der Waals surface area contributed by atoms with Crippen LogP contribution in [0.1, 0.15) is 53.9 Å². The molecule has 0 radical (unpaired) electrons.